The van der Waals surface area contributed by atoms with Crippen LogP contribution in [0.5, 0.6) is 0 Å². The Morgan fingerprint density at radius 2 is 1.55 bits per heavy atom. The van der Waals surface area contributed by atoms with Gasteiger partial charge in [-0.1, -0.05) is 23.8 Å². The SMILES string of the molecule is Cc1ccc(NS(=O)(=O)c2ccc(C)c(NS(=O)(=O)CCOC(C)C)c2)c(C)c1. The third kappa shape index (κ3) is 6.73. The monoisotopic (exact) mass is 440 g/mol. The van der Waals surface area contributed by atoms with Gasteiger partial charge in [0.15, 0.2) is 0 Å². The van der Waals surface area contributed by atoms with Crippen LogP contribution in [0.15, 0.2) is 41.3 Å². The van der Waals surface area contributed by atoms with Crippen LogP contribution >= 0.6 is 0 Å². The minimum absolute atomic E-state index is 0.0285. The number of hydrogen-bond acceptors (Lipinski definition) is 5. The number of ether oxygens (including phenoxy) is 1. The van der Waals surface area contributed by atoms with Gasteiger partial charge in [0.05, 0.1) is 34.7 Å². The van der Waals surface area contributed by atoms with Crippen LogP contribution in [0.1, 0.15) is 30.5 Å². The lowest BCUT2D eigenvalue weighted by Gasteiger charge is -2.15. The molecule has 0 spiro atoms. The molecule has 7 nitrogen and oxygen atoms in total. The van der Waals surface area contributed by atoms with E-state index in [0.717, 1.165) is 11.1 Å². The molecule has 9 heteroatoms. The molecule has 2 N–H and O–H groups in total. The third-order valence-corrected chi connectivity index (χ3v) is 6.81. The standard InChI is InChI=1S/C20H28N2O5S2/c1-14(2)27-10-11-28(23,24)21-20-13-18(8-7-16(20)4)29(25,26)22-19-9-6-15(3)12-17(19)5/h6-9,12-14,21-22H,10-11H2,1-5H3. The number of nitrogens with one attached hydrogen (secondary N) is 2. The smallest absolute Gasteiger partial charge is 0.261 e. The lowest BCUT2D eigenvalue weighted by molar-refractivity contribution is 0.0913. The molecule has 0 atom stereocenters. The zero-order chi connectivity index (χ0) is 21.8. The second-order valence-corrected chi connectivity index (χ2v) is 10.8. The topological polar surface area (TPSA) is 102 Å². The molecular weight excluding hydrogens is 412 g/mol. The molecule has 0 aliphatic carbocycles. The van der Waals surface area contributed by atoms with E-state index in [0.29, 0.717) is 11.3 Å². The Labute approximate surface area is 173 Å². The summed E-state index contributed by atoms with van der Waals surface area (Å²) in [5.41, 5.74) is 3.14. The molecule has 0 amide bonds. The summed E-state index contributed by atoms with van der Waals surface area (Å²) in [6.07, 6.45) is -0.0725. The number of rotatable bonds is 9. The molecule has 2 aromatic carbocycles. The maximum Gasteiger partial charge on any atom is 0.261 e. The Kier molecular flexibility index (Phi) is 7.31. The molecule has 0 aromatic heterocycles. The Morgan fingerprint density at radius 1 is 0.862 bits per heavy atom. The molecule has 29 heavy (non-hydrogen) atoms. The molecule has 0 radical (unpaired) electrons. The predicted octanol–water partition coefficient (Wildman–Crippen LogP) is 3.58. The minimum atomic E-state index is -3.88. The van der Waals surface area contributed by atoms with Crippen LogP contribution in [0.3, 0.4) is 0 Å². The second-order valence-electron chi connectivity index (χ2n) is 7.24. The Bertz CT molecular complexity index is 1080. The van der Waals surface area contributed by atoms with E-state index >= 15 is 0 Å². The summed E-state index contributed by atoms with van der Waals surface area (Å²) in [4.78, 5) is -0.0285. The largest absolute Gasteiger partial charge is 0.378 e. The van der Waals surface area contributed by atoms with Gasteiger partial charge in [-0.05, 0) is 63.9 Å². The molecule has 2 rings (SSSR count). The van der Waals surface area contributed by atoms with Gasteiger partial charge in [-0.25, -0.2) is 16.8 Å². The number of sulfonamides is 2. The van der Waals surface area contributed by atoms with Crippen LogP contribution in [0.25, 0.3) is 0 Å². The zero-order valence-corrected chi connectivity index (χ0v) is 18.9. The maximum atomic E-state index is 12.8. The van der Waals surface area contributed by atoms with Gasteiger partial charge in [0.1, 0.15) is 0 Å². The van der Waals surface area contributed by atoms with Crippen LogP contribution in [-0.4, -0.2) is 35.3 Å². The average Bonchev–Trinajstić information content (AvgIpc) is 2.58. The summed E-state index contributed by atoms with van der Waals surface area (Å²) < 4.78 is 60.5. The fourth-order valence-electron chi connectivity index (χ4n) is 2.62. The molecule has 0 bridgehead atoms. The van der Waals surface area contributed by atoms with E-state index in [1.165, 1.54) is 12.1 Å². The van der Waals surface area contributed by atoms with Gasteiger partial charge >= 0.3 is 0 Å². The highest BCUT2D eigenvalue weighted by Gasteiger charge is 2.19. The van der Waals surface area contributed by atoms with E-state index in [2.05, 4.69) is 9.44 Å². The van der Waals surface area contributed by atoms with E-state index in [1.54, 1.807) is 19.1 Å². The molecule has 0 fully saturated rings. The minimum Gasteiger partial charge on any atom is -0.378 e. The Balaban J connectivity index is 2.24. The Hall–Kier alpha value is -2.10. The van der Waals surface area contributed by atoms with E-state index < -0.39 is 20.0 Å². The number of benzene rings is 2. The molecule has 0 heterocycles. The normalized spacial score (nSPS) is 12.2. The van der Waals surface area contributed by atoms with Crippen LogP contribution in [-0.2, 0) is 24.8 Å². The molecule has 160 valence electrons. The number of hydrogen-bond donors (Lipinski definition) is 2. The average molecular weight is 441 g/mol. The van der Waals surface area contributed by atoms with Crippen molar-refractivity contribution in [1.29, 1.82) is 0 Å². The van der Waals surface area contributed by atoms with Gasteiger partial charge in [-0.15, -0.1) is 0 Å². The molecular formula is C20H28N2O5S2. The van der Waals surface area contributed by atoms with Crippen LogP contribution in [0.4, 0.5) is 11.4 Å². The van der Waals surface area contributed by atoms with Gasteiger partial charge in [0.2, 0.25) is 10.0 Å². The summed E-state index contributed by atoms with van der Waals surface area (Å²) in [7, 11) is -7.56. The van der Waals surface area contributed by atoms with E-state index in [1.807, 2.05) is 39.8 Å². The Morgan fingerprint density at radius 3 is 2.17 bits per heavy atom. The highest BCUT2D eigenvalue weighted by molar-refractivity contribution is 7.93. The van der Waals surface area contributed by atoms with Crippen molar-refractivity contribution in [2.45, 2.75) is 45.6 Å². The molecule has 0 unspecified atom stereocenters. The van der Waals surface area contributed by atoms with Crippen molar-refractivity contribution < 1.29 is 21.6 Å². The molecule has 2 aromatic rings. The molecule has 0 aliphatic rings. The lowest BCUT2D eigenvalue weighted by atomic mass is 10.1. The summed E-state index contributed by atoms with van der Waals surface area (Å²) in [6, 6.07) is 9.74. The lowest BCUT2D eigenvalue weighted by Crippen LogP contribution is -2.22. The zero-order valence-electron chi connectivity index (χ0n) is 17.3. The first kappa shape index (κ1) is 23.2. The second kappa shape index (κ2) is 9.15. The van der Waals surface area contributed by atoms with Gasteiger partial charge < -0.3 is 4.74 Å². The molecule has 0 aliphatic heterocycles. The van der Waals surface area contributed by atoms with Crippen molar-refractivity contribution in [3.8, 4) is 0 Å². The van der Waals surface area contributed by atoms with Crippen molar-refractivity contribution in [3.05, 3.63) is 53.1 Å². The van der Waals surface area contributed by atoms with Gasteiger partial charge in [0, 0.05) is 0 Å². The van der Waals surface area contributed by atoms with Crippen LogP contribution in [0.2, 0.25) is 0 Å². The first-order valence-corrected chi connectivity index (χ1v) is 12.4. The fraction of sp³-hybridized carbons (Fsp3) is 0.400. The van der Waals surface area contributed by atoms with Crippen LogP contribution in [0, 0.1) is 20.8 Å². The van der Waals surface area contributed by atoms with Crippen molar-refractivity contribution in [3.63, 3.8) is 0 Å². The first-order valence-electron chi connectivity index (χ1n) is 9.22. The van der Waals surface area contributed by atoms with E-state index in [-0.39, 0.29) is 29.0 Å². The quantitative estimate of drug-likeness (QED) is 0.621. The first-order chi connectivity index (χ1) is 13.4. The van der Waals surface area contributed by atoms with E-state index in [4.69, 9.17) is 4.74 Å². The van der Waals surface area contributed by atoms with Gasteiger partial charge in [0.25, 0.3) is 10.0 Å². The highest BCUT2D eigenvalue weighted by Crippen LogP contribution is 2.25. The maximum absolute atomic E-state index is 12.8. The molecule has 0 saturated heterocycles. The summed E-state index contributed by atoms with van der Waals surface area (Å²) >= 11 is 0. The van der Waals surface area contributed by atoms with Gasteiger partial charge in [-0.3, -0.25) is 9.44 Å². The number of aryl methyl sites for hydroxylation is 3. The van der Waals surface area contributed by atoms with Crippen molar-refractivity contribution >= 4 is 31.4 Å². The van der Waals surface area contributed by atoms with Crippen molar-refractivity contribution in [2.75, 3.05) is 21.8 Å². The van der Waals surface area contributed by atoms with Crippen molar-refractivity contribution in [1.82, 2.24) is 0 Å². The predicted molar refractivity (Wildman–Crippen MR) is 116 cm³/mol. The van der Waals surface area contributed by atoms with Gasteiger partial charge in [-0.2, -0.15) is 0 Å². The molecule has 0 saturated carbocycles. The summed E-state index contributed by atoms with van der Waals surface area (Å²) in [6.45, 7) is 9.14. The summed E-state index contributed by atoms with van der Waals surface area (Å²) in [5, 5.41) is 0. The summed E-state index contributed by atoms with van der Waals surface area (Å²) in [5.74, 6) is -0.220. The fourth-order valence-corrected chi connectivity index (χ4v) is 4.75. The third-order valence-electron chi connectivity index (χ3n) is 4.21. The van der Waals surface area contributed by atoms with E-state index in [9.17, 15) is 16.8 Å². The highest BCUT2D eigenvalue weighted by atomic mass is 32.2. The van der Waals surface area contributed by atoms with Crippen LogP contribution < -0.4 is 9.44 Å². The number of anilines is 2. The van der Waals surface area contributed by atoms with Crippen molar-refractivity contribution in [2.24, 2.45) is 0 Å².